The third-order valence-corrected chi connectivity index (χ3v) is 4.71. The topological polar surface area (TPSA) is 68.2 Å². The Hall–Kier alpha value is -2.83. The highest BCUT2D eigenvalue weighted by Gasteiger charge is 2.20. The van der Waals surface area contributed by atoms with Crippen LogP contribution in [0.1, 0.15) is 28.6 Å². The number of methoxy groups -OCH3 is 1. The average molecular weight is 399 g/mol. The summed E-state index contributed by atoms with van der Waals surface area (Å²) in [6.07, 6.45) is 3.55. The molecule has 7 heteroatoms. The van der Waals surface area contributed by atoms with Gasteiger partial charge in [0.05, 0.1) is 6.61 Å². The third kappa shape index (κ3) is 4.91. The summed E-state index contributed by atoms with van der Waals surface area (Å²) in [6.45, 7) is 0.902. The molecule has 0 aliphatic carbocycles. The van der Waals surface area contributed by atoms with E-state index < -0.39 is 6.04 Å². The maximum absolute atomic E-state index is 12.6. The van der Waals surface area contributed by atoms with E-state index in [0.29, 0.717) is 18.2 Å². The minimum absolute atomic E-state index is 0.282. The van der Waals surface area contributed by atoms with Crippen molar-refractivity contribution in [3.63, 3.8) is 0 Å². The van der Waals surface area contributed by atoms with Gasteiger partial charge in [-0.05, 0) is 28.8 Å². The molecule has 6 nitrogen and oxygen atoms in total. The first-order chi connectivity index (χ1) is 13.6. The number of hydrogen-bond donors (Lipinski definition) is 2. The SMILES string of the molecule is COCc1ccccc1CNC(=O)N[C@@H](c1ccc(Cl)cc1)c1nccn1C. The van der Waals surface area contributed by atoms with Crippen LogP contribution in [0.25, 0.3) is 0 Å². The first kappa shape index (κ1) is 19.9. The second kappa shape index (κ2) is 9.39. The predicted octanol–water partition coefficient (Wildman–Crippen LogP) is 3.81. The molecule has 3 rings (SSSR count). The number of hydrogen-bond acceptors (Lipinski definition) is 3. The van der Waals surface area contributed by atoms with Crippen molar-refractivity contribution in [3.8, 4) is 0 Å². The van der Waals surface area contributed by atoms with Gasteiger partial charge in [0.1, 0.15) is 11.9 Å². The molecular formula is C21H23ClN4O2. The van der Waals surface area contributed by atoms with Crippen molar-refractivity contribution in [2.75, 3.05) is 7.11 Å². The number of nitrogens with one attached hydrogen (secondary N) is 2. The summed E-state index contributed by atoms with van der Waals surface area (Å²) >= 11 is 6.01. The van der Waals surface area contributed by atoms with E-state index in [1.807, 2.05) is 54.2 Å². The fraction of sp³-hybridized carbons (Fsp3) is 0.238. The van der Waals surface area contributed by atoms with E-state index in [1.54, 1.807) is 25.4 Å². The van der Waals surface area contributed by atoms with Crippen LogP contribution in [-0.4, -0.2) is 22.7 Å². The first-order valence-electron chi connectivity index (χ1n) is 8.91. The van der Waals surface area contributed by atoms with Gasteiger partial charge in [-0.3, -0.25) is 0 Å². The summed E-state index contributed by atoms with van der Waals surface area (Å²) in [5, 5.41) is 6.57. The molecule has 0 saturated carbocycles. The zero-order valence-electron chi connectivity index (χ0n) is 15.9. The third-order valence-electron chi connectivity index (χ3n) is 4.45. The zero-order valence-corrected chi connectivity index (χ0v) is 16.6. The second-order valence-corrected chi connectivity index (χ2v) is 6.85. The molecular weight excluding hydrogens is 376 g/mol. The smallest absolute Gasteiger partial charge is 0.315 e. The molecule has 2 aromatic carbocycles. The maximum Gasteiger partial charge on any atom is 0.315 e. The van der Waals surface area contributed by atoms with E-state index in [4.69, 9.17) is 16.3 Å². The molecule has 0 fully saturated rings. The fourth-order valence-corrected chi connectivity index (χ4v) is 3.12. The van der Waals surface area contributed by atoms with Gasteiger partial charge < -0.3 is 19.9 Å². The minimum atomic E-state index is -0.397. The Labute approximate surface area is 169 Å². The Balaban J connectivity index is 1.73. The molecule has 0 radical (unpaired) electrons. The monoisotopic (exact) mass is 398 g/mol. The van der Waals surface area contributed by atoms with Gasteiger partial charge in [0, 0.05) is 38.1 Å². The molecule has 0 spiro atoms. The van der Waals surface area contributed by atoms with Crippen LogP contribution in [0.2, 0.25) is 5.02 Å². The van der Waals surface area contributed by atoms with Crippen molar-refractivity contribution < 1.29 is 9.53 Å². The van der Waals surface area contributed by atoms with E-state index in [1.165, 1.54) is 0 Å². The largest absolute Gasteiger partial charge is 0.380 e. The Morgan fingerprint density at radius 3 is 2.54 bits per heavy atom. The van der Waals surface area contributed by atoms with Gasteiger partial charge in [0.15, 0.2) is 0 Å². The molecule has 0 bridgehead atoms. The number of benzene rings is 2. The summed E-state index contributed by atoms with van der Waals surface area (Å²) in [5.74, 6) is 0.734. The molecule has 1 aromatic heterocycles. The molecule has 0 unspecified atom stereocenters. The van der Waals surface area contributed by atoms with Crippen LogP contribution in [0.15, 0.2) is 60.9 Å². The summed E-state index contributed by atoms with van der Waals surface area (Å²) in [7, 11) is 3.55. The molecule has 0 aliphatic rings. The number of carbonyl (C=O) groups excluding carboxylic acids is 1. The summed E-state index contributed by atoms with van der Waals surface area (Å²) in [4.78, 5) is 17.0. The number of aryl methyl sites for hydroxylation is 1. The highest BCUT2D eigenvalue weighted by Crippen LogP contribution is 2.22. The number of imidazole rings is 1. The molecule has 0 saturated heterocycles. The summed E-state index contributed by atoms with van der Waals surface area (Å²) < 4.78 is 7.10. The van der Waals surface area contributed by atoms with E-state index >= 15 is 0 Å². The molecule has 0 aliphatic heterocycles. The Morgan fingerprint density at radius 2 is 1.89 bits per heavy atom. The van der Waals surface area contributed by atoms with E-state index in [9.17, 15) is 4.79 Å². The molecule has 1 heterocycles. The summed E-state index contributed by atoms with van der Waals surface area (Å²) in [5.41, 5.74) is 2.96. The fourth-order valence-electron chi connectivity index (χ4n) is 2.99. The van der Waals surface area contributed by atoms with Gasteiger partial charge >= 0.3 is 6.03 Å². The zero-order chi connectivity index (χ0) is 19.9. The normalized spacial score (nSPS) is 11.8. The van der Waals surface area contributed by atoms with E-state index in [2.05, 4.69) is 15.6 Å². The van der Waals surface area contributed by atoms with Crippen LogP contribution in [0.4, 0.5) is 4.79 Å². The highest BCUT2D eigenvalue weighted by molar-refractivity contribution is 6.30. The lowest BCUT2D eigenvalue weighted by Gasteiger charge is -2.20. The van der Waals surface area contributed by atoms with Crippen molar-refractivity contribution >= 4 is 17.6 Å². The standard InChI is InChI=1S/C21H23ClN4O2/c1-26-12-11-23-20(26)19(15-7-9-18(22)10-8-15)25-21(27)24-13-16-5-3-4-6-17(16)14-28-2/h3-12,19H,13-14H2,1-2H3,(H2,24,25,27)/t19-/m0/s1. The maximum atomic E-state index is 12.6. The van der Waals surface area contributed by atoms with Crippen LogP contribution >= 0.6 is 11.6 Å². The minimum Gasteiger partial charge on any atom is -0.380 e. The number of ether oxygens (including phenoxy) is 1. The predicted molar refractivity (Wildman–Crippen MR) is 109 cm³/mol. The second-order valence-electron chi connectivity index (χ2n) is 6.41. The number of nitrogens with zero attached hydrogens (tertiary/aromatic N) is 2. The van der Waals surface area contributed by atoms with E-state index in [0.717, 1.165) is 22.5 Å². The lowest BCUT2D eigenvalue weighted by molar-refractivity contribution is 0.184. The molecule has 2 N–H and O–H groups in total. The van der Waals surface area contributed by atoms with Crippen molar-refractivity contribution in [1.82, 2.24) is 20.2 Å². The Kier molecular flexibility index (Phi) is 6.68. The number of aromatic nitrogens is 2. The number of urea groups is 1. The van der Waals surface area contributed by atoms with Crippen LogP contribution in [0.5, 0.6) is 0 Å². The van der Waals surface area contributed by atoms with Crippen LogP contribution in [-0.2, 0) is 24.9 Å². The van der Waals surface area contributed by atoms with Crippen molar-refractivity contribution in [3.05, 3.63) is 88.5 Å². The van der Waals surface area contributed by atoms with Gasteiger partial charge in [0.2, 0.25) is 0 Å². The van der Waals surface area contributed by atoms with E-state index in [-0.39, 0.29) is 6.03 Å². The van der Waals surface area contributed by atoms with Crippen molar-refractivity contribution in [2.45, 2.75) is 19.2 Å². The van der Waals surface area contributed by atoms with Gasteiger partial charge in [0.25, 0.3) is 0 Å². The molecule has 28 heavy (non-hydrogen) atoms. The quantitative estimate of drug-likeness (QED) is 0.636. The van der Waals surface area contributed by atoms with Gasteiger partial charge in [-0.2, -0.15) is 0 Å². The number of carbonyl (C=O) groups is 1. The lowest BCUT2D eigenvalue weighted by Crippen LogP contribution is -2.39. The van der Waals surface area contributed by atoms with Crippen LogP contribution < -0.4 is 10.6 Å². The Morgan fingerprint density at radius 1 is 1.18 bits per heavy atom. The van der Waals surface area contributed by atoms with Crippen molar-refractivity contribution in [1.29, 1.82) is 0 Å². The Bertz CT molecular complexity index is 924. The average Bonchev–Trinajstić information content (AvgIpc) is 3.12. The van der Waals surface area contributed by atoms with Crippen LogP contribution in [0.3, 0.4) is 0 Å². The molecule has 1 atom stereocenters. The number of rotatable bonds is 7. The lowest BCUT2D eigenvalue weighted by atomic mass is 10.1. The highest BCUT2D eigenvalue weighted by atomic mass is 35.5. The molecule has 2 amide bonds. The van der Waals surface area contributed by atoms with Crippen molar-refractivity contribution in [2.24, 2.45) is 7.05 Å². The van der Waals surface area contributed by atoms with Gasteiger partial charge in [-0.15, -0.1) is 0 Å². The molecule has 146 valence electrons. The number of amides is 2. The summed E-state index contributed by atoms with van der Waals surface area (Å²) in [6, 6.07) is 14.6. The van der Waals surface area contributed by atoms with Gasteiger partial charge in [-0.25, -0.2) is 9.78 Å². The van der Waals surface area contributed by atoms with Crippen LogP contribution in [0, 0.1) is 0 Å². The first-order valence-corrected chi connectivity index (χ1v) is 9.29. The van der Waals surface area contributed by atoms with Gasteiger partial charge in [-0.1, -0.05) is 48.0 Å². The number of halogens is 1. The molecule has 3 aromatic rings.